The molecular formula is C21H26O5Si. The zero-order valence-electron chi connectivity index (χ0n) is 15.9. The van der Waals surface area contributed by atoms with E-state index in [-0.39, 0.29) is 30.3 Å². The van der Waals surface area contributed by atoms with Crippen LogP contribution >= 0.6 is 0 Å². The van der Waals surface area contributed by atoms with Gasteiger partial charge in [-0.1, -0.05) is 67.6 Å². The van der Waals surface area contributed by atoms with Crippen LogP contribution in [0.15, 0.2) is 60.7 Å². The predicted octanol–water partition coefficient (Wildman–Crippen LogP) is 2.51. The molecule has 0 aliphatic rings. The molecule has 2 aromatic carbocycles. The van der Waals surface area contributed by atoms with Gasteiger partial charge in [0.1, 0.15) is 5.78 Å². The fourth-order valence-electron chi connectivity index (χ4n) is 3.42. The minimum Gasteiger partial charge on any atom is -0.438 e. The van der Waals surface area contributed by atoms with Gasteiger partial charge in [0.15, 0.2) is 0 Å². The molecule has 0 aliphatic heterocycles. The molecular weight excluding hydrogens is 360 g/mol. The van der Waals surface area contributed by atoms with Crippen LogP contribution in [0.1, 0.15) is 20.3 Å². The van der Waals surface area contributed by atoms with E-state index < -0.39 is 14.5 Å². The van der Waals surface area contributed by atoms with Gasteiger partial charge in [0.05, 0.1) is 13.7 Å². The first-order valence-corrected chi connectivity index (χ1v) is 11.0. The summed E-state index contributed by atoms with van der Waals surface area (Å²) >= 11 is 0. The lowest BCUT2D eigenvalue weighted by Gasteiger charge is -2.37. The molecule has 0 bridgehead atoms. The summed E-state index contributed by atoms with van der Waals surface area (Å²) in [6.07, 6.45) is -0.564. The van der Waals surface area contributed by atoms with E-state index in [4.69, 9.17) is 4.74 Å². The first-order chi connectivity index (χ1) is 12.9. The van der Waals surface area contributed by atoms with Gasteiger partial charge in [0.2, 0.25) is 0 Å². The molecule has 27 heavy (non-hydrogen) atoms. The van der Waals surface area contributed by atoms with Crippen LogP contribution in [0.4, 0.5) is 4.79 Å². The Balaban J connectivity index is 2.50. The molecule has 5 nitrogen and oxygen atoms in total. The largest absolute Gasteiger partial charge is 0.507 e. The topological polar surface area (TPSA) is 72.8 Å². The highest BCUT2D eigenvalue weighted by Crippen LogP contribution is 2.32. The molecule has 2 atom stereocenters. The number of ether oxygens (including phenoxy) is 2. The quantitative estimate of drug-likeness (QED) is 0.557. The van der Waals surface area contributed by atoms with Crippen molar-refractivity contribution in [3.8, 4) is 0 Å². The Morgan fingerprint density at radius 2 is 1.48 bits per heavy atom. The number of Topliss-reactive ketones (excluding diaryl/α,β-unsaturated/α-hetero) is 1. The number of benzene rings is 2. The average molecular weight is 387 g/mol. The third-order valence-electron chi connectivity index (χ3n) is 4.79. The second-order valence-corrected chi connectivity index (χ2v) is 10.2. The van der Waals surface area contributed by atoms with Crippen molar-refractivity contribution in [1.29, 1.82) is 0 Å². The molecule has 2 rings (SSSR count). The maximum atomic E-state index is 12.1. The van der Waals surface area contributed by atoms with Crippen LogP contribution in [-0.2, 0) is 14.3 Å². The lowest BCUT2D eigenvalue weighted by Crippen LogP contribution is -2.63. The summed E-state index contributed by atoms with van der Waals surface area (Å²) in [5, 5.41) is 1.65. The first kappa shape index (κ1) is 20.9. The lowest BCUT2D eigenvalue weighted by molar-refractivity contribution is -0.117. The van der Waals surface area contributed by atoms with Crippen LogP contribution < -0.4 is 10.4 Å². The van der Waals surface area contributed by atoms with Crippen LogP contribution in [0.3, 0.4) is 0 Å². The van der Waals surface area contributed by atoms with E-state index in [1.807, 2.05) is 67.6 Å². The molecule has 0 unspecified atom stereocenters. The third-order valence-corrected chi connectivity index (χ3v) is 9.06. The number of ketones is 1. The second-order valence-electron chi connectivity index (χ2n) is 6.75. The Labute approximate surface area is 161 Å². The zero-order chi connectivity index (χ0) is 19.9. The van der Waals surface area contributed by atoms with Gasteiger partial charge in [-0.2, -0.15) is 0 Å². The summed E-state index contributed by atoms with van der Waals surface area (Å²) in [6.45, 7) is 3.48. The van der Waals surface area contributed by atoms with Gasteiger partial charge in [0.25, 0.3) is 8.32 Å². The SMILES string of the molecule is COC(=O)OC[C@@H](C)[C@H](CC(C)=O)[Si](O)(c1ccccc1)c1ccccc1. The number of hydrogen-bond acceptors (Lipinski definition) is 5. The first-order valence-electron chi connectivity index (χ1n) is 8.93. The summed E-state index contributed by atoms with van der Waals surface area (Å²) in [5.74, 6) is -0.243. The van der Waals surface area contributed by atoms with E-state index in [0.717, 1.165) is 10.4 Å². The fourth-order valence-corrected chi connectivity index (χ4v) is 7.52. The zero-order valence-corrected chi connectivity index (χ0v) is 16.9. The minimum atomic E-state index is -3.29. The molecule has 0 saturated carbocycles. The Morgan fingerprint density at radius 3 is 1.89 bits per heavy atom. The van der Waals surface area contributed by atoms with Gasteiger partial charge in [-0.05, 0) is 28.8 Å². The predicted molar refractivity (Wildman–Crippen MR) is 107 cm³/mol. The highest BCUT2D eigenvalue weighted by molar-refractivity contribution is 6.97. The molecule has 0 spiro atoms. The molecule has 0 saturated heterocycles. The minimum absolute atomic E-state index is 0.0114. The highest BCUT2D eigenvalue weighted by atomic mass is 28.4. The highest BCUT2D eigenvalue weighted by Gasteiger charge is 2.47. The summed E-state index contributed by atoms with van der Waals surface area (Å²) in [6, 6.07) is 18.9. The van der Waals surface area contributed by atoms with Crippen LogP contribution in [0.5, 0.6) is 0 Å². The van der Waals surface area contributed by atoms with Crippen molar-refractivity contribution in [2.45, 2.75) is 25.8 Å². The second kappa shape index (κ2) is 9.48. The van der Waals surface area contributed by atoms with Crippen molar-refractivity contribution < 1.29 is 23.9 Å². The Bertz CT molecular complexity index is 708. The van der Waals surface area contributed by atoms with Gasteiger partial charge < -0.3 is 19.1 Å². The number of methoxy groups -OCH3 is 1. The number of carbonyl (C=O) groups excluding carboxylic acids is 2. The van der Waals surface area contributed by atoms with E-state index >= 15 is 0 Å². The lowest BCUT2D eigenvalue weighted by atomic mass is 10.0. The van der Waals surface area contributed by atoms with Crippen LogP contribution in [0.25, 0.3) is 0 Å². The summed E-state index contributed by atoms with van der Waals surface area (Å²) in [7, 11) is -2.04. The molecule has 0 aliphatic carbocycles. The van der Waals surface area contributed by atoms with E-state index in [0.29, 0.717) is 0 Å². The maximum Gasteiger partial charge on any atom is 0.507 e. The van der Waals surface area contributed by atoms with Crippen molar-refractivity contribution in [1.82, 2.24) is 0 Å². The van der Waals surface area contributed by atoms with Gasteiger partial charge in [-0.3, -0.25) is 0 Å². The van der Waals surface area contributed by atoms with E-state index in [1.165, 1.54) is 14.0 Å². The van der Waals surface area contributed by atoms with Crippen LogP contribution in [-0.4, -0.2) is 38.8 Å². The van der Waals surface area contributed by atoms with Crippen molar-refractivity contribution in [2.75, 3.05) is 13.7 Å². The molecule has 2 aromatic rings. The molecule has 0 aromatic heterocycles. The van der Waals surface area contributed by atoms with Crippen molar-refractivity contribution in [3.05, 3.63) is 60.7 Å². The van der Waals surface area contributed by atoms with Crippen molar-refractivity contribution >= 4 is 30.6 Å². The molecule has 0 heterocycles. The van der Waals surface area contributed by atoms with E-state index in [1.54, 1.807) is 0 Å². The normalized spacial score (nSPS) is 13.5. The summed E-state index contributed by atoms with van der Waals surface area (Å²) in [5.41, 5.74) is -0.357. The average Bonchev–Trinajstić information content (AvgIpc) is 2.70. The molecule has 0 radical (unpaired) electrons. The maximum absolute atomic E-state index is 12.1. The number of hydrogen-bond donors (Lipinski definition) is 1. The standard InChI is InChI=1S/C21H26O5Si/c1-16(15-26-21(23)25-3)20(14-17(2)22)27(24,18-10-6-4-7-11-18)19-12-8-5-9-13-19/h4-13,16,20,24H,14-15H2,1-3H3/t16-,20+/m1/s1. The molecule has 144 valence electrons. The Kier molecular flexibility index (Phi) is 7.33. The summed E-state index contributed by atoms with van der Waals surface area (Å²) in [4.78, 5) is 35.5. The monoisotopic (exact) mass is 386 g/mol. The van der Waals surface area contributed by atoms with Crippen LogP contribution in [0, 0.1) is 5.92 Å². The van der Waals surface area contributed by atoms with Crippen molar-refractivity contribution in [2.24, 2.45) is 5.92 Å². The summed E-state index contributed by atoms with van der Waals surface area (Å²) < 4.78 is 9.66. The van der Waals surface area contributed by atoms with Crippen molar-refractivity contribution in [3.63, 3.8) is 0 Å². The number of rotatable bonds is 8. The molecule has 0 amide bonds. The van der Waals surface area contributed by atoms with E-state index in [9.17, 15) is 14.4 Å². The van der Waals surface area contributed by atoms with Gasteiger partial charge in [0, 0.05) is 6.42 Å². The smallest absolute Gasteiger partial charge is 0.438 e. The molecule has 6 heteroatoms. The fraction of sp³-hybridized carbons (Fsp3) is 0.333. The molecule has 0 fully saturated rings. The third kappa shape index (κ3) is 5.05. The van der Waals surface area contributed by atoms with Gasteiger partial charge >= 0.3 is 6.16 Å². The molecule has 1 N–H and O–H groups in total. The number of carbonyl (C=O) groups is 2. The van der Waals surface area contributed by atoms with Gasteiger partial charge in [-0.15, -0.1) is 0 Å². The van der Waals surface area contributed by atoms with E-state index in [2.05, 4.69) is 4.74 Å². The van der Waals surface area contributed by atoms with Crippen LogP contribution in [0.2, 0.25) is 5.54 Å². The Morgan fingerprint density at radius 1 is 1.00 bits per heavy atom. The Hall–Kier alpha value is -2.44. The van der Waals surface area contributed by atoms with Gasteiger partial charge in [-0.25, -0.2) is 4.79 Å².